The Kier molecular flexibility index (Phi) is 5.43. The van der Waals surface area contributed by atoms with Gasteiger partial charge in [-0.2, -0.15) is 4.98 Å². The molecule has 7 heteroatoms. The zero-order chi connectivity index (χ0) is 19.5. The van der Waals surface area contributed by atoms with Crippen molar-refractivity contribution in [2.45, 2.75) is 44.4 Å². The van der Waals surface area contributed by atoms with Crippen molar-refractivity contribution in [3.63, 3.8) is 0 Å². The van der Waals surface area contributed by atoms with Gasteiger partial charge in [-0.25, -0.2) is 4.98 Å². The van der Waals surface area contributed by atoms with Crippen LogP contribution in [0.4, 0.5) is 11.8 Å². The lowest BCUT2D eigenvalue weighted by atomic mass is 9.82. The van der Waals surface area contributed by atoms with Crippen LogP contribution in [0.5, 0.6) is 0 Å². The van der Waals surface area contributed by atoms with Gasteiger partial charge in [0.25, 0.3) is 0 Å². The van der Waals surface area contributed by atoms with Crippen molar-refractivity contribution in [2.24, 2.45) is 5.92 Å². The lowest BCUT2D eigenvalue weighted by molar-refractivity contribution is -0.139. The molecule has 4 rings (SSSR count). The van der Waals surface area contributed by atoms with Crippen LogP contribution in [-0.2, 0) is 22.5 Å². The van der Waals surface area contributed by atoms with Crippen LogP contribution < -0.4 is 11.1 Å². The Bertz CT molecular complexity index is 843. The summed E-state index contributed by atoms with van der Waals surface area (Å²) in [5.74, 6) is 1.19. The van der Waals surface area contributed by atoms with Gasteiger partial charge in [0, 0.05) is 32.3 Å². The third kappa shape index (κ3) is 3.94. The van der Waals surface area contributed by atoms with Gasteiger partial charge in [-0.05, 0) is 42.9 Å². The highest BCUT2D eigenvalue weighted by molar-refractivity contribution is 5.79. The SMILES string of the molecule is COC1CC(C(=O)N2CCc3ccccc3C2)CCC1Nc1ccnc(N)n1. The van der Waals surface area contributed by atoms with E-state index in [1.54, 1.807) is 19.4 Å². The number of aromatic nitrogens is 2. The van der Waals surface area contributed by atoms with Gasteiger partial charge in [0.15, 0.2) is 0 Å². The first kappa shape index (κ1) is 18.7. The van der Waals surface area contributed by atoms with E-state index in [1.807, 2.05) is 11.0 Å². The number of methoxy groups -OCH3 is 1. The summed E-state index contributed by atoms with van der Waals surface area (Å²) in [6.07, 6.45) is 4.93. The van der Waals surface area contributed by atoms with Crippen molar-refractivity contribution >= 4 is 17.7 Å². The van der Waals surface area contributed by atoms with Crippen LogP contribution in [0.25, 0.3) is 0 Å². The van der Waals surface area contributed by atoms with E-state index in [2.05, 4.69) is 33.5 Å². The van der Waals surface area contributed by atoms with Gasteiger partial charge >= 0.3 is 0 Å². The van der Waals surface area contributed by atoms with Crippen LogP contribution in [-0.4, -0.2) is 46.6 Å². The molecule has 3 unspecified atom stereocenters. The second-order valence-corrected chi connectivity index (χ2v) is 7.61. The van der Waals surface area contributed by atoms with E-state index in [0.29, 0.717) is 18.8 Å². The molecule has 1 aromatic carbocycles. The van der Waals surface area contributed by atoms with E-state index < -0.39 is 0 Å². The number of carbonyl (C=O) groups is 1. The quantitative estimate of drug-likeness (QED) is 0.844. The fourth-order valence-electron chi connectivity index (χ4n) is 4.37. The summed E-state index contributed by atoms with van der Waals surface area (Å²) < 4.78 is 5.72. The molecule has 148 valence electrons. The number of ether oxygens (including phenoxy) is 1. The molecular formula is C21H27N5O2. The molecule has 3 atom stereocenters. The smallest absolute Gasteiger partial charge is 0.226 e. The number of nitrogens with one attached hydrogen (secondary N) is 1. The number of fused-ring (bicyclic) bond motifs is 1. The molecule has 7 nitrogen and oxygen atoms in total. The molecule has 0 saturated heterocycles. The summed E-state index contributed by atoms with van der Waals surface area (Å²) in [6, 6.07) is 10.3. The van der Waals surface area contributed by atoms with Crippen LogP contribution in [0.1, 0.15) is 30.4 Å². The summed E-state index contributed by atoms with van der Waals surface area (Å²) in [6.45, 7) is 1.51. The van der Waals surface area contributed by atoms with E-state index in [0.717, 1.165) is 25.8 Å². The molecule has 1 amide bonds. The predicted octanol–water partition coefficient (Wildman–Crippen LogP) is 2.24. The molecule has 1 aliphatic carbocycles. The summed E-state index contributed by atoms with van der Waals surface area (Å²) in [5, 5.41) is 3.39. The maximum atomic E-state index is 13.1. The van der Waals surface area contributed by atoms with E-state index in [9.17, 15) is 4.79 Å². The molecule has 2 heterocycles. The van der Waals surface area contributed by atoms with Crippen molar-refractivity contribution in [2.75, 3.05) is 24.7 Å². The maximum absolute atomic E-state index is 13.1. The van der Waals surface area contributed by atoms with Gasteiger partial charge < -0.3 is 20.7 Å². The molecule has 1 aliphatic heterocycles. The highest BCUT2D eigenvalue weighted by Gasteiger charge is 2.36. The molecular weight excluding hydrogens is 354 g/mol. The van der Waals surface area contributed by atoms with Crippen LogP contribution in [0.15, 0.2) is 36.5 Å². The molecule has 1 saturated carbocycles. The summed E-state index contributed by atoms with van der Waals surface area (Å²) in [5.41, 5.74) is 8.29. The normalized spacial score (nSPS) is 24.5. The number of anilines is 2. The number of amides is 1. The topological polar surface area (TPSA) is 93.4 Å². The van der Waals surface area contributed by atoms with Crippen LogP contribution >= 0.6 is 0 Å². The number of nitrogen functional groups attached to an aromatic ring is 1. The van der Waals surface area contributed by atoms with Crippen molar-refractivity contribution in [1.82, 2.24) is 14.9 Å². The van der Waals surface area contributed by atoms with Gasteiger partial charge in [0.1, 0.15) is 5.82 Å². The Hall–Kier alpha value is -2.67. The Labute approximate surface area is 165 Å². The number of hydrogen-bond acceptors (Lipinski definition) is 6. The fraction of sp³-hybridized carbons (Fsp3) is 0.476. The largest absolute Gasteiger partial charge is 0.379 e. The number of rotatable bonds is 4. The first-order valence-electron chi connectivity index (χ1n) is 9.87. The predicted molar refractivity (Wildman–Crippen MR) is 108 cm³/mol. The molecule has 1 aromatic heterocycles. The Balaban J connectivity index is 1.39. The standard InChI is InChI=1S/C21H27N5O2/c1-28-18-12-15(6-7-17(18)24-19-8-10-23-21(22)25-19)20(27)26-11-9-14-4-2-3-5-16(14)13-26/h2-5,8,10,15,17-18H,6-7,9,11-13H2,1H3,(H3,22,23,24,25). The minimum absolute atomic E-state index is 0.00345. The summed E-state index contributed by atoms with van der Waals surface area (Å²) in [7, 11) is 1.71. The van der Waals surface area contributed by atoms with Crippen LogP contribution in [0.3, 0.4) is 0 Å². The first-order valence-corrected chi connectivity index (χ1v) is 9.87. The number of hydrogen-bond donors (Lipinski definition) is 2. The lowest BCUT2D eigenvalue weighted by Crippen LogP contribution is -2.47. The van der Waals surface area contributed by atoms with E-state index in [1.165, 1.54) is 11.1 Å². The van der Waals surface area contributed by atoms with Crippen molar-refractivity contribution in [1.29, 1.82) is 0 Å². The van der Waals surface area contributed by atoms with Crippen LogP contribution in [0, 0.1) is 5.92 Å². The van der Waals surface area contributed by atoms with Gasteiger partial charge in [-0.1, -0.05) is 24.3 Å². The first-order chi connectivity index (χ1) is 13.6. The second-order valence-electron chi connectivity index (χ2n) is 7.61. The third-order valence-corrected chi connectivity index (χ3v) is 5.89. The lowest BCUT2D eigenvalue weighted by Gasteiger charge is -2.38. The molecule has 2 aliphatic rings. The van der Waals surface area contributed by atoms with Gasteiger partial charge in [0.05, 0.1) is 12.1 Å². The number of nitrogens with zero attached hydrogens (tertiary/aromatic N) is 3. The molecule has 0 bridgehead atoms. The summed E-state index contributed by atoms with van der Waals surface area (Å²) in [4.78, 5) is 23.3. The molecule has 0 radical (unpaired) electrons. The third-order valence-electron chi connectivity index (χ3n) is 5.89. The maximum Gasteiger partial charge on any atom is 0.226 e. The van der Waals surface area contributed by atoms with E-state index in [4.69, 9.17) is 10.5 Å². The average molecular weight is 381 g/mol. The van der Waals surface area contributed by atoms with Crippen LogP contribution in [0.2, 0.25) is 0 Å². The Morgan fingerprint density at radius 2 is 2.07 bits per heavy atom. The average Bonchev–Trinajstić information content (AvgIpc) is 2.73. The molecule has 0 spiro atoms. The zero-order valence-corrected chi connectivity index (χ0v) is 16.2. The minimum Gasteiger partial charge on any atom is -0.379 e. The van der Waals surface area contributed by atoms with E-state index in [-0.39, 0.29) is 29.9 Å². The molecule has 3 N–H and O–H groups in total. The number of carbonyl (C=O) groups excluding carboxylic acids is 1. The Morgan fingerprint density at radius 1 is 1.25 bits per heavy atom. The van der Waals surface area contributed by atoms with E-state index >= 15 is 0 Å². The summed E-state index contributed by atoms with van der Waals surface area (Å²) >= 11 is 0. The fourth-order valence-corrected chi connectivity index (χ4v) is 4.37. The van der Waals surface area contributed by atoms with Gasteiger partial charge in [-0.3, -0.25) is 4.79 Å². The zero-order valence-electron chi connectivity index (χ0n) is 16.2. The number of nitrogens with two attached hydrogens (primary N) is 1. The molecule has 1 fully saturated rings. The molecule has 28 heavy (non-hydrogen) atoms. The monoisotopic (exact) mass is 381 g/mol. The van der Waals surface area contributed by atoms with Crippen molar-refractivity contribution in [3.8, 4) is 0 Å². The second kappa shape index (κ2) is 8.14. The minimum atomic E-state index is -0.0454. The number of benzene rings is 1. The highest BCUT2D eigenvalue weighted by atomic mass is 16.5. The van der Waals surface area contributed by atoms with Gasteiger partial charge in [0.2, 0.25) is 11.9 Å². The highest BCUT2D eigenvalue weighted by Crippen LogP contribution is 2.31. The van der Waals surface area contributed by atoms with Crippen molar-refractivity contribution in [3.05, 3.63) is 47.7 Å². The van der Waals surface area contributed by atoms with Crippen molar-refractivity contribution < 1.29 is 9.53 Å². The molecule has 2 aromatic rings. The Morgan fingerprint density at radius 3 is 2.86 bits per heavy atom. The van der Waals surface area contributed by atoms with Gasteiger partial charge in [-0.15, -0.1) is 0 Å².